The van der Waals surface area contributed by atoms with E-state index in [4.69, 9.17) is 34.8 Å². The molecule has 0 heterocycles. The highest BCUT2D eigenvalue weighted by Crippen LogP contribution is 2.30. The van der Waals surface area contributed by atoms with Crippen molar-refractivity contribution in [3.63, 3.8) is 0 Å². The lowest BCUT2D eigenvalue weighted by molar-refractivity contribution is -0.138. The summed E-state index contributed by atoms with van der Waals surface area (Å²) in [5.74, 6) is -4.50. The molecule has 0 aliphatic rings. The second-order valence-electron chi connectivity index (χ2n) is 12.6. The summed E-state index contributed by atoms with van der Waals surface area (Å²) in [5.41, 5.74) is 3.61. The number of ether oxygens (including phenoxy) is 3. The van der Waals surface area contributed by atoms with Crippen LogP contribution < -0.4 is 0 Å². The summed E-state index contributed by atoms with van der Waals surface area (Å²) in [6.07, 6.45) is 4.84. The first-order valence-electron chi connectivity index (χ1n) is 17.5. The molecule has 9 nitrogen and oxygen atoms in total. The molecular weight excluding hydrogens is 743 g/mol. The highest BCUT2D eigenvalue weighted by atomic mass is 35.5. The van der Waals surface area contributed by atoms with Gasteiger partial charge in [-0.15, -0.1) is 0 Å². The van der Waals surface area contributed by atoms with Crippen LogP contribution in [0.1, 0.15) is 122 Å². The summed E-state index contributed by atoms with van der Waals surface area (Å²) < 4.78 is 14.0. The Morgan fingerprint density at radius 2 is 0.868 bits per heavy atom. The predicted octanol–water partition coefficient (Wildman–Crippen LogP) is 9.85. The van der Waals surface area contributed by atoms with Crippen LogP contribution in [0.4, 0.5) is 0 Å². The van der Waals surface area contributed by atoms with Crippen LogP contribution in [0.3, 0.4) is 0 Å². The molecule has 0 aliphatic heterocycles. The van der Waals surface area contributed by atoms with Crippen molar-refractivity contribution in [3.8, 4) is 0 Å². The van der Waals surface area contributed by atoms with E-state index in [2.05, 4.69) is 21.1 Å². The van der Waals surface area contributed by atoms with Crippen molar-refractivity contribution in [1.29, 1.82) is 0 Å². The minimum absolute atomic E-state index is 0.109. The number of carbonyl (C=O) groups excluding carboxylic acids is 6. The van der Waals surface area contributed by atoms with Gasteiger partial charge in [-0.2, -0.15) is 0 Å². The van der Waals surface area contributed by atoms with Crippen LogP contribution in [-0.2, 0) is 46.9 Å². The van der Waals surface area contributed by atoms with E-state index in [1.807, 2.05) is 27.7 Å². The third kappa shape index (κ3) is 15.4. The fraction of sp³-hybridized carbons (Fsp3) is 0.415. The van der Waals surface area contributed by atoms with E-state index in [0.717, 1.165) is 48.8 Å². The normalized spacial score (nSPS) is 10.5. The molecule has 288 valence electrons. The lowest BCUT2D eigenvalue weighted by atomic mass is 9.86. The lowest BCUT2D eigenvalue weighted by Crippen LogP contribution is -2.18. The largest absolute Gasteiger partial charge is 0.460 e. The van der Waals surface area contributed by atoms with Crippen LogP contribution >= 0.6 is 34.8 Å². The molecule has 0 N–H and O–H groups in total. The maximum atomic E-state index is 11.7. The molecule has 0 saturated heterocycles. The summed E-state index contributed by atoms with van der Waals surface area (Å²) in [4.78, 5) is 68.9. The number of carbonyl (C=O) groups is 6. The Bertz CT molecular complexity index is 1740. The average Bonchev–Trinajstić information content (AvgIpc) is 3.11. The molecule has 0 aliphatic carbocycles. The summed E-state index contributed by atoms with van der Waals surface area (Å²) in [7, 11) is 0. The molecule has 0 aromatic heterocycles. The van der Waals surface area contributed by atoms with E-state index in [9.17, 15) is 28.8 Å². The SMILES string of the molecule is CCCCc1ccc(C(=O)C(=O)OCC)cc1Cl.CCCc1ccc(C(=O)C(=O)OCC)cc1Cl.CCOC(=O)C(=O)c1ccc(C(C)(C)C)c(Cl)c1. The maximum absolute atomic E-state index is 11.7. The topological polar surface area (TPSA) is 130 Å². The van der Waals surface area contributed by atoms with Crippen LogP contribution in [0.25, 0.3) is 0 Å². The summed E-state index contributed by atoms with van der Waals surface area (Å²) in [5, 5.41) is 1.53. The van der Waals surface area contributed by atoms with E-state index in [1.54, 1.807) is 57.2 Å². The molecule has 0 unspecified atom stereocenters. The number of hydrogen-bond donors (Lipinski definition) is 0. The lowest BCUT2D eigenvalue weighted by Gasteiger charge is -2.20. The van der Waals surface area contributed by atoms with Gasteiger partial charge in [-0.3, -0.25) is 14.4 Å². The molecule has 3 aromatic rings. The second-order valence-corrected chi connectivity index (χ2v) is 13.8. The Kier molecular flexibility index (Phi) is 20.9. The van der Waals surface area contributed by atoms with E-state index < -0.39 is 35.3 Å². The first-order valence-corrected chi connectivity index (χ1v) is 18.6. The van der Waals surface area contributed by atoms with Crippen molar-refractivity contribution in [2.45, 2.75) is 92.9 Å². The number of esters is 3. The van der Waals surface area contributed by atoms with E-state index in [-0.39, 0.29) is 41.9 Å². The highest BCUT2D eigenvalue weighted by molar-refractivity contribution is 6.42. The van der Waals surface area contributed by atoms with Crippen LogP contribution in [0.2, 0.25) is 15.1 Å². The smallest absolute Gasteiger partial charge is 0.379 e. The van der Waals surface area contributed by atoms with Gasteiger partial charge in [0, 0.05) is 31.8 Å². The molecule has 0 fully saturated rings. The maximum Gasteiger partial charge on any atom is 0.379 e. The Morgan fingerprint density at radius 1 is 0.509 bits per heavy atom. The molecule has 12 heteroatoms. The Labute approximate surface area is 327 Å². The van der Waals surface area contributed by atoms with Gasteiger partial charge in [-0.1, -0.05) is 119 Å². The zero-order valence-corrected chi connectivity index (χ0v) is 33.9. The Hall–Kier alpha value is -4.05. The highest BCUT2D eigenvalue weighted by Gasteiger charge is 2.22. The molecule has 0 bridgehead atoms. The zero-order valence-electron chi connectivity index (χ0n) is 31.7. The molecule has 3 aromatic carbocycles. The van der Waals surface area contributed by atoms with Crippen molar-refractivity contribution < 1.29 is 43.0 Å². The summed E-state index contributed by atoms with van der Waals surface area (Å²) >= 11 is 18.3. The number of aryl methyl sites for hydroxylation is 2. The van der Waals surface area contributed by atoms with Gasteiger partial charge < -0.3 is 14.2 Å². The minimum atomic E-state index is -0.850. The Morgan fingerprint density at radius 3 is 1.17 bits per heavy atom. The van der Waals surface area contributed by atoms with Crippen molar-refractivity contribution in [2.24, 2.45) is 0 Å². The van der Waals surface area contributed by atoms with Crippen LogP contribution in [-0.4, -0.2) is 55.1 Å². The van der Waals surface area contributed by atoms with Crippen molar-refractivity contribution in [2.75, 3.05) is 19.8 Å². The summed E-state index contributed by atoms with van der Waals surface area (Å²) in [6.45, 7) is 15.8. The van der Waals surface area contributed by atoms with E-state index in [0.29, 0.717) is 15.1 Å². The molecule has 0 atom stereocenters. The van der Waals surface area contributed by atoms with Gasteiger partial charge in [0.2, 0.25) is 0 Å². The third-order valence-corrected chi connectivity index (χ3v) is 8.39. The monoisotopic (exact) mass is 790 g/mol. The molecule has 0 saturated carbocycles. The summed E-state index contributed by atoms with van der Waals surface area (Å²) in [6, 6.07) is 14.7. The van der Waals surface area contributed by atoms with Crippen LogP contribution in [0.15, 0.2) is 54.6 Å². The van der Waals surface area contributed by atoms with Gasteiger partial charge in [-0.05, 0) is 80.3 Å². The number of halogens is 3. The number of hydrogen-bond acceptors (Lipinski definition) is 9. The van der Waals surface area contributed by atoms with Crippen molar-refractivity contribution in [1.82, 2.24) is 0 Å². The van der Waals surface area contributed by atoms with Crippen LogP contribution in [0, 0.1) is 0 Å². The molecule has 3 rings (SSSR count). The fourth-order valence-electron chi connectivity index (χ4n) is 4.63. The van der Waals surface area contributed by atoms with Gasteiger partial charge >= 0.3 is 17.9 Å². The number of rotatable bonds is 14. The van der Waals surface area contributed by atoms with E-state index >= 15 is 0 Å². The average molecular weight is 792 g/mol. The van der Waals surface area contributed by atoms with Gasteiger partial charge in [0.15, 0.2) is 0 Å². The fourth-order valence-corrected chi connectivity index (χ4v) is 5.64. The van der Waals surface area contributed by atoms with Gasteiger partial charge in [0.1, 0.15) is 0 Å². The second kappa shape index (κ2) is 23.6. The molecule has 0 amide bonds. The Balaban J connectivity index is 0.000000398. The molecule has 0 radical (unpaired) electrons. The number of Topliss-reactive ketones (excluding diaryl/α,β-unsaturated/α-hetero) is 3. The van der Waals surface area contributed by atoms with E-state index in [1.165, 1.54) is 18.2 Å². The number of benzene rings is 3. The van der Waals surface area contributed by atoms with Crippen molar-refractivity contribution >= 4 is 70.1 Å². The van der Waals surface area contributed by atoms with Crippen molar-refractivity contribution in [3.05, 3.63) is 103 Å². The predicted molar refractivity (Wildman–Crippen MR) is 209 cm³/mol. The van der Waals surface area contributed by atoms with Gasteiger partial charge in [-0.25, -0.2) is 14.4 Å². The standard InChI is InChI=1S/2C14H17ClO3.C13H15ClO3/c1-5-18-13(17)12(16)9-6-7-10(11(15)8-9)14(2,3)4;1-3-5-6-10-7-8-11(9-12(10)15)13(16)14(17)18-4-2;1-3-5-9-6-7-10(8-11(9)14)12(15)13(16)17-4-2/h6-8H,5H2,1-4H3;7-9H,3-6H2,1-2H3;6-8H,3-5H2,1-2H3. The zero-order chi connectivity index (χ0) is 40.3. The molecule has 53 heavy (non-hydrogen) atoms. The molecular formula is C41H49Cl3O9. The van der Waals surface area contributed by atoms with Gasteiger partial charge in [0.25, 0.3) is 17.3 Å². The van der Waals surface area contributed by atoms with Crippen LogP contribution in [0.5, 0.6) is 0 Å². The first-order chi connectivity index (χ1) is 25.0. The van der Waals surface area contributed by atoms with Gasteiger partial charge in [0.05, 0.1) is 19.8 Å². The quantitative estimate of drug-likeness (QED) is 0.0678. The molecule has 0 spiro atoms. The number of unbranched alkanes of at least 4 members (excludes halogenated alkanes) is 1. The third-order valence-electron chi connectivity index (χ3n) is 7.37. The first kappa shape index (κ1) is 47.0. The number of ketones is 3. The minimum Gasteiger partial charge on any atom is -0.460 e.